The van der Waals surface area contributed by atoms with Gasteiger partial charge >= 0.3 is 12.4 Å². The maximum absolute atomic E-state index is 13.3. The number of nitrogens with one attached hydrogen (secondary N) is 1. The molecule has 1 unspecified atom stereocenters. The van der Waals surface area contributed by atoms with Crippen molar-refractivity contribution in [1.82, 2.24) is 19.7 Å². The smallest absolute Gasteiger partial charge is 0.371 e. The van der Waals surface area contributed by atoms with E-state index >= 15 is 0 Å². The molecule has 3 aromatic rings. The Hall–Kier alpha value is -4.59. The average Bonchev–Trinajstić information content (AvgIpc) is 3.24. The highest BCUT2D eigenvalue weighted by Crippen LogP contribution is 2.37. The molecule has 2 heterocycles. The lowest BCUT2D eigenvalue weighted by Crippen LogP contribution is -2.32. The number of carbonyl (C=O) groups excluding carboxylic acids is 1. The number of halogens is 6. The Morgan fingerprint density at radius 3 is 2.08 bits per heavy atom. The van der Waals surface area contributed by atoms with Crippen molar-refractivity contribution in [2.24, 2.45) is 0 Å². The number of nitriles is 2. The molecule has 0 radical (unpaired) electrons. The number of hydrogen-bond donors (Lipinski definition) is 1. The summed E-state index contributed by atoms with van der Waals surface area (Å²) in [4.78, 5) is 18.1. The summed E-state index contributed by atoms with van der Waals surface area (Å²) in [5.41, 5.74) is -3.81. The van der Waals surface area contributed by atoms with Crippen LogP contribution in [0.5, 0.6) is 0 Å². The van der Waals surface area contributed by atoms with Gasteiger partial charge in [0.2, 0.25) is 0 Å². The number of hydrogen-bond acceptors (Lipinski definition) is 6. The Kier molecular flexibility index (Phi) is 7.16. The van der Waals surface area contributed by atoms with Crippen molar-refractivity contribution in [2.75, 3.05) is 19.4 Å². The number of anilines is 1. The Labute approximate surface area is 206 Å². The minimum atomic E-state index is -5.13. The molecule has 37 heavy (non-hydrogen) atoms. The number of pyridine rings is 1. The molecule has 0 fully saturated rings. The third kappa shape index (κ3) is 5.33. The molecule has 192 valence electrons. The first-order valence-electron chi connectivity index (χ1n) is 10.4. The van der Waals surface area contributed by atoms with Crippen LogP contribution in [0.4, 0.5) is 32.2 Å². The molecule has 0 saturated carbocycles. The van der Waals surface area contributed by atoms with Gasteiger partial charge in [-0.1, -0.05) is 0 Å². The first kappa shape index (κ1) is 27.0. The van der Waals surface area contributed by atoms with Gasteiger partial charge in [-0.25, -0.2) is 9.67 Å². The lowest BCUT2D eigenvalue weighted by molar-refractivity contribution is -0.143. The number of nitrogens with zero attached hydrogens (tertiary/aromatic N) is 6. The van der Waals surface area contributed by atoms with Gasteiger partial charge in [-0.2, -0.15) is 36.9 Å². The molecule has 0 saturated heterocycles. The largest absolute Gasteiger partial charge is 0.416 e. The van der Waals surface area contributed by atoms with Crippen molar-refractivity contribution in [3.63, 3.8) is 0 Å². The maximum atomic E-state index is 13.3. The van der Waals surface area contributed by atoms with Gasteiger partial charge in [-0.15, -0.1) is 5.10 Å². The second-order valence-corrected chi connectivity index (χ2v) is 7.79. The molecule has 1 amide bonds. The predicted octanol–water partition coefficient (Wildman–Crippen LogP) is 4.92. The molecule has 0 spiro atoms. The quantitative estimate of drug-likeness (QED) is 0.477. The molecule has 1 N–H and O–H groups in total. The van der Waals surface area contributed by atoms with Crippen molar-refractivity contribution < 1.29 is 31.1 Å². The van der Waals surface area contributed by atoms with Crippen LogP contribution in [-0.2, 0) is 12.4 Å². The van der Waals surface area contributed by atoms with Crippen molar-refractivity contribution >= 4 is 11.7 Å². The minimum absolute atomic E-state index is 0.0270. The second kappa shape index (κ2) is 9.81. The Balaban J connectivity index is 2.13. The summed E-state index contributed by atoms with van der Waals surface area (Å²) in [6, 6.07) is 6.22. The third-order valence-corrected chi connectivity index (χ3v) is 5.50. The molecular weight excluding hydrogens is 504 g/mol. The minimum Gasteiger partial charge on any atom is -0.371 e. The van der Waals surface area contributed by atoms with Crippen LogP contribution in [-0.4, -0.2) is 39.7 Å². The van der Waals surface area contributed by atoms with Crippen LogP contribution in [0.2, 0.25) is 0 Å². The topological polar surface area (TPSA) is 111 Å². The van der Waals surface area contributed by atoms with Gasteiger partial charge < -0.3 is 10.2 Å². The fourth-order valence-electron chi connectivity index (χ4n) is 3.50. The molecule has 0 aliphatic rings. The van der Waals surface area contributed by atoms with Gasteiger partial charge in [0.15, 0.2) is 11.6 Å². The molecule has 0 aliphatic heterocycles. The maximum Gasteiger partial charge on any atom is 0.416 e. The molecule has 0 aliphatic carbocycles. The van der Waals surface area contributed by atoms with E-state index in [1.54, 1.807) is 0 Å². The van der Waals surface area contributed by atoms with Gasteiger partial charge in [0, 0.05) is 25.9 Å². The number of amides is 1. The molecular formula is C23H17F6N7O. The molecule has 1 aromatic carbocycles. The monoisotopic (exact) mass is 521 g/mol. The lowest BCUT2D eigenvalue weighted by Gasteiger charge is -2.26. The Morgan fingerprint density at radius 1 is 1.05 bits per heavy atom. The van der Waals surface area contributed by atoms with Gasteiger partial charge in [-0.3, -0.25) is 4.79 Å². The molecule has 14 heteroatoms. The zero-order chi connectivity index (χ0) is 27.7. The van der Waals surface area contributed by atoms with Gasteiger partial charge in [0.05, 0.1) is 28.4 Å². The summed E-state index contributed by atoms with van der Waals surface area (Å²) in [6.45, 7) is 1.42. The molecule has 0 bridgehead atoms. The normalized spacial score (nSPS) is 12.4. The van der Waals surface area contributed by atoms with Crippen molar-refractivity contribution in [2.45, 2.75) is 25.3 Å². The lowest BCUT2D eigenvalue weighted by atomic mass is 10.0. The SMILES string of the molecule is CNc1nn(-c2ccc(C#N)cn2)c(C(C)N(C)C(=O)c2cc(C(F)(F)F)cc(C(F)(F)F)c2)c1C#N. The van der Waals surface area contributed by atoms with Crippen LogP contribution < -0.4 is 5.32 Å². The highest BCUT2D eigenvalue weighted by molar-refractivity contribution is 5.95. The van der Waals surface area contributed by atoms with Gasteiger partial charge in [-0.05, 0) is 37.3 Å². The summed E-state index contributed by atoms with van der Waals surface area (Å²) >= 11 is 0. The van der Waals surface area contributed by atoms with E-state index in [0.29, 0.717) is 12.1 Å². The van der Waals surface area contributed by atoms with Crippen LogP contribution in [0.25, 0.3) is 5.82 Å². The van der Waals surface area contributed by atoms with Crippen LogP contribution >= 0.6 is 0 Å². The summed E-state index contributed by atoms with van der Waals surface area (Å²) in [5, 5.41) is 25.7. The van der Waals surface area contributed by atoms with Gasteiger partial charge in [0.25, 0.3) is 5.91 Å². The Morgan fingerprint density at radius 2 is 1.65 bits per heavy atom. The highest BCUT2D eigenvalue weighted by atomic mass is 19.4. The summed E-state index contributed by atoms with van der Waals surface area (Å²) < 4.78 is 80.9. The summed E-state index contributed by atoms with van der Waals surface area (Å²) in [6.07, 6.45) is -9.02. The molecule has 2 aromatic heterocycles. The predicted molar refractivity (Wildman–Crippen MR) is 117 cm³/mol. The van der Waals surface area contributed by atoms with Crippen LogP contribution in [0.1, 0.15) is 51.3 Å². The first-order valence-corrected chi connectivity index (χ1v) is 10.4. The zero-order valence-electron chi connectivity index (χ0n) is 19.4. The first-order chi connectivity index (χ1) is 17.2. The fraction of sp³-hybridized carbons (Fsp3) is 0.261. The van der Waals surface area contributed by atoms with Crippen LogP contribution in [0.3, 0.4) is 0 Å². The zero-order valence-corrected chi connectivity index (χ0v) is 19.4. The number of aromatic nitrogens is 3. The molecule has 1 atom stereocenters. The number of carbonyl (C=O) groups is 1. The average molecular weight is 521 g/mol. The molecule has 8 nitrogen and oxygen atoms in total. The third-order valence-electron chi connectivity index (χ3n) is 5.50. The van der Waals surface area contributed by atoms with Gasteiger partial charge in [0.1, 0.15) is 17.7 Å². The summed E-state index contributed by atoms with van der Waals surface area (Å²) in [5.74, 6) is -0.910. The van der Waals surface area contributed by atoms with E-state index in [4.69, 9.17) is 5.26 Å². The Bertz CT molecular complexity index is 1380. The van der Waals surface area contributed by atoms with E-state index in [9.17, 15) is 36.4 Å². The van der Waals surface area contributed by atoms with E-state index in [2.05, 4.69) is 15.4 Å². The van der Waals surface area contributed by atoms with Crippen LogP contribution in [0, 0.1) is 22.7 Å². The number of alkyl halides is 6. The van der Waals surface area contributed by atoms with E-state index in [-0.39, 0.29) is 34.5 Å². The van der Waals surface area contributed by atoms with E-state index < -0.39 is 41.0 Å². The van der Waals surface area contributed by atoms with Crippen molar-refractivity contribution in [3.8, 4) is 18.0 Å². The van der Waals surface area contributed by atoms with Crippen molar-refractivity contribution in [3.05, 3.63) is 70.0 Å². The van der Waals surface area contributed by atoms with E-state index in [0.717, 1.165) is 4.90 Å². The van der Waals surface area contributed by atoms with Crippen molar-refractivity contribution in [1.29, 1.82) is 10.5 Å². The van der Waals surface area contributed by atoms with E-state index in [1.807, 2.05) is 12.1 Å². The highest BCUT2D eigenvalue weighted by Gasteiger charge is 2.38. The standard InChI is InChI=1S/C23H17F6N7O/c1-12(19-17(10-31)20(32-2)34-36(19)18-5-4-13(9-30)11-33-18)35(3)21(37)14-6-15(22(24,25)26)8-16(7-14)23(27,28)29/h4-8,11-12H,1-3H3,(H,32,34). The number of benzene rings is 1. The molecule has 3 rings (SSSR count). The second-order valence-electron chi connectivity index (χ2n) is 7.79. The summed E-state index contributed by atoms with van der Waals surface area (Å²) in [7, 11) is 2.65. The van der Waals surface area contributed by atoms with Crippen LogP contribution in [0.15, 0.2) is 36.5 Å². The fourth-order valence-corrected chi connectivity index (χ4v) is 3.50. The van der Waals surface area contributed by atoms with E-state index in [1.165, 1.54) is 44.0 Å². The number of rotatable bonds is 5.